The average molecular weight is 394 g/mol. The molecule has 158 valence electrons. The Balaban J connectivity index is 1.54. The van der Waals surface area contributed by atoms with Gasteiger partial charge in [0.25, 0.3) is 0 Å². The van der Waals surface area contributed by atoms with Gasteiger partial charge in [-0.1, -0.05) is 6.92 Å². The fourth-order valence-corrected chi connectivity index (χ4v) is 3.24. The van der Waals surface area contributed by atoms with Crippen molar-refractivity contribution in [1.82, 2.24) is 20.4 Å². The van der Waals surface area contributed by atoms with Gasteiger partial charge >= 0.3 is 0 Å². The lowest BCUT2D eigenvalue weighted by Crippen LogP contribution is -2.46. The van der Waals surface area contributed by atoms with Crippen LogP contribution in [0.15, 0.2) is 29.3 Å². The van der Waals surface area contributed by atoms with E-state index in [9.17, 15) is 4.39 Å². The minimum Gasteiger partial charge on any atom is -0.489 e. The zero-order valence-corrected chi connectivity index (χ0v) is 17.6. The highest BCUT2D eigenvalue weighted by molar-refractivity contribution is 5.79. The Bertz CT molecular complexity index is 573. The minimum absolute atomic E-state index is 0.0502. The van der Waals surface area contributed by atoms with Crippen molar-refractivity contribution in [3.05, 3.63) is 30.1 Å². The molecule has 1 atom stereocenters. The number of hydrogen-bond acceptors (Lipinski definition) is 4. The van der Waals surface area contributed by atoms with E-state index in [4.69, 9.17) is 4.74 Å². The number of ether oxygens (including phenoxy) is 1. The minimum atomic E-state index is -0.258. The first-order valence-electron chi connectivity index (χ1n) is 10.4. The van der Waals surface area contributed by atoms with Crippen LogP contribution in [0.3, 0.4) is 0 Å². The molecule has 2 rings (SSSR count). The Morgan fingerprint density at radius 1 is 1.11 bits per heavy atom. The van der Waals surface area contributed by atoms with Gasteiger partial charge in [0, 0.05) is 39.8 Å². The van der Waals surface area contributed by atoms with Crippen LogP contribution < -0.4 is 15.4 Å². The summed E-state index contributed by atoms with van der Waals surface area (Å²) < 4.78 is 18.7. The predicted molar refractivity (Wildman–Crippen MR) is 114 cm³/mol. The molecular formula is C21H36FN5O. The molecule has 0 aromatic heterocycles. The SMILES string of the molecule is CCN1CCN(CCCCNC(=NC)NCC(C)Oc2ccc(F)cc2)CC1. The average Bonchev–Trinajstić information content (AvgIpc) is 2.72. The van der Waals surface area contributed by atoms with E-state index in [1.54, 1.807) is 19.2 Å². The lowest BCUT2D eigenvalue weighted by atomic mass is 10.2. The molecule has 0 aliphatic carbocycles. The quantitative estimate of drug-likeness (QED) is 0.363. The third-order valence-electron chi connectivity index (χ3n) is 5.04. The maximum absolute atomic E-state index is 12.9. The molecule has 6 nitrogen and oxygen atoms in total. The van der Waals surface area contributed by atoms with Gasteiger partial charge < -0.3 is 25.2 Å². The first kappa shape index (κ1) is 22.4. The largest absolute Gasteiger partial charge is 0.489 e. The van der Waals surface area contributed by atoms with Gasteiger partial charge in [-0.25, -0.2) is 4.39 Å². The van der Waals surface area contributed by atoms with E-state index in [1.165, 1.54) is 51.3 Å². The number of unbranched alkanes of at least 4 members (excludes halogenated alkanes) is 1. The molecule has 0 saturated carbocycles. The molecule has 1 unspecified atom stereocenters. The molecule has 28 heavy (non-hydrogen) atoms. The van der Waals surface area contributed by atoms with Gasteiger partial charge in [-0.3, -0.25) is 4.99 Å². The molecule has 2 N–H and O–H groups in total. The van der Waals surface area contributed by atoms with E-state index in [-0.39, 0.29) is 11.9 Å². The highest BCUT2D eigenvalue weighted by Gasteiger charge is 2.14. The van der Waals surface area contributed by atoms with Crippen LogP contribution in [0, 0.1) is 5.82 Å². The Hall–Kier alpha value is -1.86. The summed E-state index contributed by atoms with van der Waals surface area (Å²) in [6.07, 6.45) is 2.27. The second-order valence-electron chi connectivity index (χ2n) is 7.25. The number of aliphatic imine (C=N–C) groups is 1. The van der Waals surface area contributed by atoms with Crippen LogP contribution in [0.4, 0.5) is 4.39 Å². The van der Waals surface area contributed by atoms with Gasteiger partial charge in [-0.2, -0.15) is 0 Å². The molecule has 0 bridgehead atoms. The molecule has 0 amide bonds. The molecule has 1 heterocycles. The van der Waals surface area contributed by atoms with Gasteiger partial charge in [0.2, 0.25) is 0 Å². The Morgan fingerprint density at radius 3 is 2.43 bits per heavy atom. The number of likely N-dealkylation sites (N-methyl/N-ethyl adjacent to an activating group) is 1. The molecular weight excluding hydrogens is 357 g/mol. The maximum atomic E-state index is 12.9. The van der Waals surface area contributed by atoms with Crippen LogP contribution in [0.2, 0.25) is 0 Å². The Morgan fingerprint density at radius 2 is 1.79 bits per heavy atom. The van der Waals surface area contributed by atoms with Gasteiger partial charge in [0.1, 0.15) is 17.7 Å². The second-order valence-corrected chi connectivity index (χ2v) is 7.25. The molecule has 1 aromatic carbocycles. The Kier molecular flexibility index (Phi) is 10.1. The Labute approximate surface area is 169 Å². The van der Waals surface area contributed by atoms with Crippen LogP contribution in [0.5, 0.6) is 5.75 Å². The third-order valence-corrected chi connectivity index (χ3v) is 5.04. The smallest absolute Gasteiger partial charge is 0.191 e. The van der Waals surface area contributed by atoms with Crippen molar-refractivity contribution >= 4 is 5.96 Å². The zero-order valence-electron chi connectivity index (χ0n) is 17.6. The monoisotopic (exact) mass is 393 g/mol. The fraction of sp³-hybridized carbons (Fsp3) is 0.667. The van der Waals surface area contributed by atoms with Crippen molar-refractivity contribution in [3.63, 3.8) is 0 Å². The van der Waals surface area contributed by atoms with Gasteiger partial charge in [0.15, 0.2) is 5.96 Å². The van der Waals surface area contributed by atoms with Crippen molar-refractivity contribution in [2.24, 2.45) is 4.99 Å². The van der Waals surface area contributed by atoms with Crippen molar-refractivity contribution in [3.8, 4) is 5.75 Å². The third kappa shape index (κ3) is 8.44. The molecule has 1 aliphatic heterocycles. The lowest BCUT2D eigenvalue weighted by molar-refractivity contribution is 0.136. The molecule has 1 saturated heterocycles. The topological polar surface area (TPSA) is 52.1 Å². The molecule has 7 heteroatoms. The molecule has 0 spiro atoms. The van der Waals surface area contributed by atoms with Crippen molar-refractivity contribution < 1.29 is 9.13 Å². The summed E-state index contributed by atoms with van der Waals surface area (Å²) in [4.78, 5) is 9.33. The van der Waals surface area contributed by atoms with Crippen molar-refractivity contribution in [1.29, 1.82) is 0 Å². The first-order valence-corrected chi connectivity index (χ1v) is 10.4. The van der Waals surface area contributed by atoms with E-state index < -0.39 is 0 Å². The normalized spacial score (nSPS) is 17.4. The summed E-state index contributed by atoms with van der Waals surface area (Å²) in [5.74, 6) is 1.19. The highest BCUT2D eigenvalue weighted by atomic mass is 19.1. The van der Waals surface area contributed by atoms with Crippen LogP contribution in [0.1, 0.15) is 26.7 Å². The van der Waals surface area contributed by atoms with Crippen molar-refractivity contribution in [2.75, 3.05) is 59.4 Å². The van der Waals surface area contributed by atoms with E-state index in [0.717, 1.165) is 25.5 Å². The summed E-state index contributed by atoms with van der Waals surface area (Å²) in [6, 6.07) is 6.08. The number of halogens is 1. The first-order chi connectivity index (χ1) is 13.6. The van der Waals surface area contributed by atoms with E-state index in [1.807, 2.05) is 6.92 Å². The molecule has 1 aromatic rings. The fourth-order valence-electron chi connectivity index (χ4n) is 3.24. The summed E-state index contributed by atoms with van der Waals surface area (Å²) >= 11 is 0. The highest BCUT2D eigenvalue weighted by Crippen LogP contribution is 2.12. The summed E-state index contributed by atoms with van der Waals surface area (Å²) in [5.41, 5.74) is 0. The number of guanidine groups is 1. The maximum Gasteiger partial charge on any atom is 0.191 e. The number of rotatable bonds is 10. The zero-order chi connectivity index (χ0) is 20.2. The van der Waals surface area contributed by atoms with E-state index >= 15 is 0 Å². The van der Waals surface area contributed by atoms with Gasteiger partial charge in [-0.05, 0) is 57.1 Å². The lowest BCUT2D eigenvalue weighted by Gasteiger charge is -2.34. The van der Waals surface area contributed by atoms with Crippen LogP contribution in [0.25, 0.3) is 0 Å². The number of piperazine rings is 1. The number of benzene rings is 1. The van der Waals surface area contributed by atoms with Crippen LogP contribution in [-0.2, 0) is 0 Å². The number of nitrogens with one attached hydrogen (secondary N) is 2. The second kappa shape index (κ2) is 12.6. The van der Waals surface area contributed by atoms with E-state index in [0.29, 0.717) is 12.3 Å². The standard InChI is InChI=1S/C21H36FN5O/c1-4-26-13-15-27(16-14-26)12-6-5-11-24-21(23-3)25-17-18(2)28-20-9-7-19(22)8-10-20/h7-10,18H,4-6,11-17H2,1-3H3,(H2,23,24,25). The van der Waals surface area contributed by atoms with Crippen molar-refractivity contribution in [2.45, 2.75) is 32.8 Å². The van der Waals surface area contributed by atoms with Gasteiger partial charge in [0.05, 0.1) is 6.54 Å². The molecule has 0 radical (unpaired) electrons. The summed E-state index contributed by atoms with van der Waals surface area (Å²) in [6.45, 7) is 12.9. The van der Waals surface area contributed by atoms with Crippen LogP contribution >= 0.6 is 0 Å². The number of hydrogen-bond donors (Lipinski definition) is 2. The van der Waals surface area contributed by atoms with Gasteiger partial charge in [-0.15, -0.1) is 0 Å². The van der Waals surface area contributed by atoms with Crippen LogP contribution in [-0.4, -0.2) is 81.3 Å². The molecule has 1 fully saturated rings. The summed E-state index contributed by atoms with van der Waals surface area (Å²) in [7, 11) is 1.77. The predicted octanol–water partition coefficient (Wildman–Crippen LogP) is 2.18. The van der Waals surface area contributed by atoms with E-state index in [2.05, 4.69) is 32.3 Å². The summed E-state index contributed by atoms with van der Waals surface area (Å²) in [5, 5.41) is 6.63. The number of nitrogens with zero attached hydrogens (tertiary/aromatic N) is 3. The molecule has 1 aliphatic rings.